The predicted octanol–water partition coefficient (Wildman–Crippen LogP) is 3.32. The van der Waals surface area contributed by atoms with E-state index in [9.17, 15) is 4.79 Å². The summed E-state index contributed by atoms with van der Waals surface area (Å²) < 4.78 is 0. The number of carbonyl (C=O) groups is 1. The molecule has 0 bridgehead atoms. The number of para-hydroxylation sites is 1. The van der Waals surface area contributed by atoms with Crippen LogP contribution < -0.4 is 10.6 Å². The van der Waals surface area contributed by atoms with E-state index in [4.69, 9.17) is 0 Å². The summed E-state index contributed by atoms with van der Waals surface area (Å²) >= 11 is 0. The van der Waals surface area contributed by atoms with Gasteiger partial charge in [-0.15, -0.1) is 0 Å². The van der Waals surface area contributed by atoms with Gasteiger partial charge in [0, 0.05) is 24.8 Å². The molecule has 0 atom stereocenters. The predicted molar refractivity (Wildman–Crippen MR) is 87.5 cm³/mol. The minimum Gasteiger partial charge on any atom is -0.335 e. The fourth-order valence-corrected chi connectivity index (χ4v) is 2.62. The smallest absolute Gasteiger partial charge is 0.319 e. The highest BCUT2D eigenvalue weighted by atomic mass is 16.2. The van der Waals surface area contributed by atoms with E-state index in [1.165, 1.54) is 13.0 Å². The number of amides is 2. The lowest BCUT2D eigenvalue weighted by Crippen LogP contribution is -2.46. The third kappa shape index (κ3) is 5.76. The Morgan fingerprint density at radius 2 is 1.90 bits per heavy atom. The van der Waals surface area contributed by atoms with Crippen LogP contribution >= 0.6 is 0 Å². The van der Waals surface area contributed by atoms with Crippen molar-refractivity contribution in [2.45, 2.75) is 39.2 Å². The second-order valence-electron chi connectivity index (χ2n) is 6.26. The van der Waals surface area contributed by atoms with Gasteiger partial charge in [0.2, 0.25) is 0 Å². The number of anilines is 1. The molecule has 2 rings (SSSR count). The summed E-state index contributed by atoms with van der Waals surface area (Å²) in [5, 5.41) is 5.95. The topological polar surface area (TPSA) is 44.4 Å². The first-order chi connectivity index (χ1) is 10.1. The van der Waals surface area contributed by atoms with E-state index in [1.54, 1.807) is 0 Å². The summed E-state index contributed by atoms with van der Waals surface area (Å²) in [5.74, 6) is 0.762. The standard InChI is InChI=1S/C17H27N3O/c1-14(2)8-11-20-12-9-16(10-13-20)19-17(21)18-15-6-4-3-5-7-15/h3-7,14,16H,8-13H2,1-2H3,(H2,18,19,21). The number of hydrogen-bond acceptors (Lipinski definition) is 2. The Morgan fingerprint density at radius 3 is 2.52 bits per heavy atom. The van der Waals surface area contributed by atoms with Gasteiger partial charge in [-0.3, -0.25) is 0 Å². The summed E-state index contributed by atoms with van der Waals surface area (Å²) in [4.78, 5) is 14.4. The van der Waals surface area contributed by atoms with Crippen molar-refractivity contribution in [1.29, 1.82) is 0 Å². The summed E-state index contributed by atoms with van der Waals surface area (Å²) in [7, 11) is 0. The highest BCUT2D eigenvalue weighted by Crippen LogP contribution is 2.13. The number of rotatable bonds is 5. The van der Waals surface area contributed by atoms with Crippen LogP contribution in [0.25, 0.3) is 0 Å². The van der Waals surface area contributed by atoms with Crippen molar-refractivity contribution >= 4 is 11.7 Å². The number of benzene rings is 1. The van der Waals surface area contributed by atoms with Crippen LogP contribution in [0.3, 0.4) is 0 Å². The van der Waals surface area contributed by atoms with E-state index in [0.29, 0.717) is 6.04 Å². The second kappa shape index (κ2) is 8.03. The van der Waals surface area contributed by atoms with Crippen LogP contribution in [-0.4, -0.2) is 36.6 Å². The lowest BCUT2D eigenvalue weighted by Gasteiger charge is -2.32. The molecule has 0 aromatic heterocycles. The van der Waals surface area contributed by atoms with Crippen LogP contribution in [0.15, 0.2) is 30.3 Å². The van der Waals surface area contributed by atoms with Crippen molar-refractivity contribution in [3.63, 3.8) is 0 Å². The first kappa shape index (κ1) is 15.8. The van der Waals surface area contributed by atoms with Gasteiger partial charge < -0.3 is 15.5 Å². The minimum absolute atomic E-state index is 0.0955. The normalized spacial score (nSPS) is 16.9. The lowest BCUT2D eigenvalue weighted by molar-refractivity contribution is 0.189. The van der Waals surface area contributed by atoms with Gasteiger partial charge in [0.05, 0.1) is 0 Å². The molecule has 4 nitrogen and oxygen atoms in total. The molecule has 0 saturated carbocycles. The van der Waals surface area contributed by atoms with Crippen LogP contribution in [0.1, 0.15) is 33.1 Å². The van der Waals surface area contributed by atoms with Crippen molar-refractivity contribution < 1.29 is 4.79 Å². The van der Waals surface area contributed by atoms with Crippen molar-refractivity contribution in [2.24, 2.45) is 5.92 Å². The molecule has 2 N–H and O–H groups in total. The lowest BCUT2D eigenvalue weighted by atomic mass is 10.0. The van der Waals surface area contributed by atoms with Gasteiger partial charge in [0.25, 0.3) is 0 Å². The molecule has 4 heteroatoms. The van der Waals surface area contributed by atoms with Crippen LogP contribution in [0.5, 0.6) is 0 Å². The van der Waals surface area contributed by atoms with E-state index >= 15 is 0 Å². The van der Waals surface area contributed by atoms with Gasteiger partial charge in [-0.05, 0) is 43.9 Å². The Balaban J connectivity index is 1.67. The molecule has 0 radical (unpaired) electrons. The van der Waals surface area contributed by atoms with E-state index < -0.39 is 0 Å². The molecule has 0 spiro atoms. The fraction of sp³-hybridized carbons (Fsp3) is 0.588. The molecule has 1 aromatic carbocycles. The molecule has 1 saturated heterocycles. The molecule has 0 aliphatic carbocycles. The Kier molecular flexibility index (Phi) is 6.05. The van der Waals surface area contributed by atoms with Gasteiger partial charge in [-0.25, -0.2) is 4.79 Å². The summed E-state index contributed by atoms with van der Waals surface area (Å²) in [6.07, 6.45) is 3.34. The largest absolute Gasteiger partial charge is 0.335 e. The average molecular weight is 289 g/mol. The summed E-state index contributed by atoms with van der Waals surface area (Å²) in [5.41, 5.74) is 0.837. The van der Waals surface area contributed by atoms with E-state index in [2.05, 4.69) is 29.4 Å². The summed E-state index contributed by atoms with van der Waals surface area (Å²) in [6, 6.07) is 9.77. The van der Waals surface area contributed by atoms with Gasteiger partial charge in [0.1, 0.15) is 0 Å². The number of nitrogens with one attached hydrogen (secondary N) is 2. The highest BCUT2D eigenvalue weighted by Gasteiger charge is 2.20. The molecular formula is C17H27N3O. The maximum Gasteiger partial charge on any atom is 0.319 e. The quantitative estimate of drug-likeness (QED) is 0.873. The molecule has 116 valence electrons. The third-order valence-electron chi connectivity index (χ3n) is 3.98. The number of piperidine rings is 1. The van der Waals surface area contributed by atoms with Crippen LogP contribution in [0, 0.1) is 5.92 Å². The maximum atomic E-state index is 11.9. The van der Waals surface area contributed by atoms with Gasteiger partial charge in [-0.1, -0.05) is 32.0 Å². The van der Waals surface area contributed by atoms with Gasteiger partial charge in [0.15, 0.2) is 0 Å². The first-order valence-electron chi connectivity index (χ1n) is 7.98. The molecule has 1 aliphatic rings. The molecule has 2 amide bonds. The minimum atomic E-state index is -0.0955. The Labute approximate surface area is 127 Å². The maximum absolute atomic E-state index is 11.9. The molecule has 1 fully saturated rings. The monoisotopic (exact) mass is 289 g/mol. The van der Waals surface area contributed by atoms with E-state index in [1.807, 2.05) is 30.3 Å². The number of nitrogens with zero attached hydrogens (tertiary/aromatic N) is 1. The first-order valence-corrected chi connectivity index (χ1v) is 7.98. The molecule has 21 heavy (non-hydrogen) atoms. The van der Waals surface area contributed by atoms with Gasteiger partial charge >= 0.3 is 6.03 Å². The van der Waals surface area contributed by atoms with Crippen molar-refractivity contribution in [3.05, 3.63) is 30.3 Å². The molecule has 1 heterocycles. The average Bonchev–Trinajstić information content (AvgIpc) is 2.47. The zero-order valence-electron chi connectivity index (χ0n) is 13.1. The third-order valence-corrected chi connectivity index (χ3v) is 3.98. The van der Waals surface area contributed by atoms with Crippen molar-refractivity contribution in [1.82, 2.24) is 10.2 Å². The second-order valence-corrected chi connectivity index (χ2v) is 6.26. The number of hydrogen-bond donors (Lipinski definition) is 2. The fourth-order valence-electron chi connectivity index (χ4n) is 2.62. The van der Waals surface area contributed by atoms with E-state index in [-0.39, 0.29) is 6.03 Å². The SMILES string of the molecule is CC(C)CCN1CCC(NC(=O)Nc2ccccc2)CC1. The molecule has 1 aliphatic heterocycles. The zero-order valence-corrected chi connectivity index (χ0v) is 13.1. The Hall–Kier alpha value is -1.55. The molecule has 0 unspecified atom stereocenters. The highest BCUT2D eigenvalue weighted by molar-refractivity contribution is 5.89. The van der Waals surface area contributed by atoms with E-state index in [0.717, 1.165) is 37.5 Å². The van der Waals surface area contributed by atoms with Crippen LogP contribution in [0.4, 0.5) is 10.5 Å². The van der Waals surface area contributed by atoms with Crippen LogP contribution in [0.2, 0.25) is 0 Å². The number of urea groups is 1. The van der Waals surface area contributed by atoms with Crippen molar-refractivity contribution in [3.8, 4) is 0 Å². The summed E-state index contributed by atoms with van der Waals surface area (Å²) in [6.45, 7) is 7.89. The zero-order chi connectivity index (χ0) is 15.1. The Bertz CT molecular complexity index is 425. The molecule has 1 aromatic rings. The van der Waals surface area contributed by atoms with Crippen LogP contribution in [-0.2, 0) is 0 Å². The Morgan fingerprint density at radius 1 is 1.24 bits per heavy atom. The molecular weight excluding hydrogens is 262 g/mol. The van der Waals surface area contributed by atoms with Crippen molar-refractivity contribution in [2.75, 3.05) is 25.0 Å². The number of carbonyl (C=O) groups excluding carboxylic acids is 1. The number of likely N-dealkylation sites (tertiary alicyclic amines) is 1. The van der Waals surface area contributed by atoms with Gasteiger partial charge in [-0.2, -0.15) is 0 Å².